The number of piperidine rings is 1. The van der Waals surface area contributed by atoms with Crippen molar-refractivity contribution in [3.8, 4) is 0 Å². The molecule has 2 saturated heterocycles. The van der Waals surface area contributed by atoms with Crippen LogP contribution in [-0.2, 0) is 16.0 Å². The molecule has 5 heteroatoms. The average molecular weight is 362 g/mol. The van der Waals surface area contributed by atoms with Crippen molar-refractivity contribution >= 4 is 5.91 Å². The number of carbonyl (C=O) groups is 1. The summed E-state index contributed by atoms with van der Waals surface area (Å²) < 4.78 is 18.9. The lowest BCUT2D eigenvalue weighted by Crippen LogP contribution is -2.44. The van der Waals surface area contributed by atoms with Crippen LogP contribution in [-0.4, -0.2) is 61.6 Å². The fraction of sp³-hybridized carbons (Fsp3) is 0.667. The molecule has 4 nitrogen and oxygen atoms in total. The summed E-state index contributed by atoms with van der Waals surface area (Å²) in [5, 5.41) is 0. The number of likely N-dealkylation sites (N-methyl/N-ethyl adjacent to an activating group) is 1. The molecule has 0 bridgehead atoms. The van der Waals surface area contributed by atoms with E-state index in [1.165, 1.54) is 6.07 Å². The first-order valence-electron chi connectivity index (χ1n) is 9.95. The molecule has 0 spiro atoms. The van der Waals surface area contributed by atoms with E-state index >= 15 is 0 Å². The molecule has 0 N–H and O–H groups in total. The highest BCUT2D eigenvalue weighted by Gasteiger charge is 2.27. The van der Waals surface area contributed by atoms with E-state index in [1.807, 2.05) is 18.0 Å². The minimum absolute atomic E-state index is 0.151. The second-order valence-corrected chi connectivity index (χ2v) is 7.74. The van der Waals surface area contributed by atoms with Gasteiger partial charge in [0.2, 0.25) is 0 Å². The number of hydrogen-bond acceptors (Lipinski definition) is 3. The monoisotopic (exact) mass is 362 g/mol. The Hall–Kier alpha value is -1.46. The number of halogens is 1. The molecule has 2 heterocycles. The van der Waals surface area contributed by atoms with Crippen LogP contribution in [0, 0.1) is 11.7 Å². The van der Waals surface area contributed by atoms with Gasteiger partial charge in [0.1, 0.15) is 11.9 Å². The van der Waals surface area contributed by atoms with Crippen LogP contribution in [0.2, 0.25) is 0 Å². The molecule has 2 aliphatic rings. The van der Waals surface area contributed by atoms with Crippen LogP contribution in [0.4, 0.5) is 4.39 Å². The van der Waals surface area contributed by atoms with E-state index in [0.717, 1.165) is 70.3 Å². The Kier molecular flexibility index (Phi) is 7.03. The predicted molar refractivity (Wildman–Crippen MR) is 100 cm³/mol. The lowest BCUT2D eigenvalue weighted by molar-refractivity contribution is -0.145. The maximum atomic E-state index is 13.3. The molecule has 26 heavy (non-hydrogen) atoms. The highest BCUT2D eigenvalue weighted by atomic mass is 19.1. The third-order valence-electron chi connectivity index (χ3n) is 5.68. The zero-order valence-corrected chi connectivity index (χ0v) is 15.8. The van der Waals surface area contributed by atoms with Crippen LogP contribution < -0.4 is 0 Å². The number of rotatable bonds is 6. The Balaban J connectivity index is 1.37. The third kappa shape index (κ3) is 5.52. The molecule has 0 unspecified atom stereocenters. The largest absolute Gasteiger partial charge is 0.368 e. The molecule has 0 radical (unpaired) electrons. The van der Waals surface area contributed by atoms with Crippen molar-refractivity contribution in [2.45, 2.75) is 44.6 Å². The highest BCUT2D eigenvalue weighted by molar-refractivity contribution is 5.80. The van der Waals surface area contributed by atoms with Gasteiger partial charge in [0, 0.05) is 26.7 Å². The van der Waals surface area contributed by atoms with Gasteiger partial charge in [-0.25, -0.2) is 4.39 Å². The molecule has 0 aliphatic carbocycles. The van der Waals surface area contributed by atoms with Gasteiger partial charge in [-0.15, -0.1) is 0 Å². The van der Waals surface area contributed by atoms with Crippen molar-refractivity contribution in [3.05, 3.63) is 35.6 Å². The summed E-state index contributed by atoms with van der Waals surface area (Å²) in [4.78, 5) is 16.8. The van der Waals surface area contributed by atoms with Gasteiger partial charge in [0.25, 0.3) is 5.91 Å². The van der Waals surface area contributed by atoms with Crippen molar-refractivity contribution < 1.29 is 13.9 Å². The van der Waals surface area contributed by atoms with Crippen LogP contribution in [0.5, 0.6) is 0 Å². The molecule has 1 amide bonds. The van der Waals surface area contributed by atoms with Gasteiger partial charge in [0.15, 0.2) is 0 Å². The summed E-state index contributed by atoms with van der Waals surface area (Å²) in [6.45, 7) is 4.63. The average Bonchev–Trinajstić information content (AvgIpc) is 2.67. The third-order valence-corrected chi connectivity index (χ3v) is 5.68. The number of hydrogen-bond donors (Lipinski definition) is 0. The molecule has 0 saturated carbocycles. The fourth-order valence-electron chi connectivity index (χ4n) is 4.03. The number of amides is 1. The molecule has 144 valence electrons. The van der Waals surface area contributed by atoms with E-state index in [2.05, 4.69) is 4.90 Å². The van der Waals surface area contributed by atoms with Gasteiger partial charge in [-0.3, -0.25) is 4.79 Å². The minimum atomic E-state index is -0.222. The SMILES string of the molecule is CN(CC1CCN(CCc2cccc(F)c2)CC1)C(=O)[C@@H]1CCCCO1. The normalized spacial score (nSPS) is 22.3. The first-order chi connectivity index (χ1) is 12.6. The zero-order valence-electron chi connectivity index (χ0n) is 15.8. The van der Waals surface area contributed by atoms with Gasteiger partial charge in [0.05, 0.1) is 0 Å². The van der Waals surface area contributed by atoms with Crippen LogP contribution in [0.3, 0.4) is 0 Å². The van der Waals surface area contributed by atoms with Crippen LogP contribution >= 0.6 is 0 Å². The number of carbonyl (C=O) groups excluding carboxylic acids is 1. The molecule has 1 atom stereocenters. The maximum absolute atomic E-state index is 13.3. The smallest absolute Gasteiger partial charge is 0.251 e. The standard InChI is InChI=1S/C21H31FN2O2/c1-23(21(25)20-7-2-3-14-26-20)16-18-9-12-24(13-10-18)11-8-17-5-4-6-19(22)15-17/h4-6,15,18,20H,2-3,7-14,16H2,1H3/t20-/m0/s1. The van der Waals surface area contributed by atoms with Crippen LogP contribution in [0.15, 0.2) is 24.3 Å². The van der Waals surface area contributed by atoms with E-state index in [0.29, 0.717) is 12.5 Å². The van der Waals surface area contributed by atoms with Crippen LogP contribution in [0.25, 0.3) is 0 Å². The molecule has 2 fully saturated rings. The molecule has 3 rings (SSSR count). The quantitative estimate of drug-likeness (QED) is 0.780. The Morgan fingerprint density at radius 2 is 2.08 bits per heavy atom. The summed E-state index contributed by atoms with van der Waals surface area (Å²) in [7, 11) is 1.91. The number of nitrogens with zero attached hydrogens (tertiary/aromatic N) is 2. The second-order valence-electron chi connectivity index (χ2n) is 7.74. The number of likely N-dealkylation sites (tertiary alicyclic amines) is 1. The molecule has 2 aliphatic heterocycles. The van der Waals surface area contributed by atoms with Crippen molar-refractivity contribution in [1.82, 2.24) is 9.80 Å². The number of ether oxygens (including phenoxy) is 1. The second kappa shape index (κ2) is 9.47. The first-order valence-corrected chi connectivity index (χ1v) is 9.95. The van der Waals surface area contributed by atoms with E-state index < -0.39 is 0 Å². The summed E-state index contributed by atoms with van der Waals surface area (Å²) in [6, 6.07) is 6.88. The Labute approximate surface area is 156 Å². The molecule has 1 aromatic rings. The number of benzene rings is 1. The highest BCUT2D eigenvalue weighted by Crippen LogP contribution is 2.20. The van der Waals surface area contributed by atoms with Gasteiger partial charge in [-0.1, -0.05) is 12.1 Å². The lowest BCUT2D eigenvalue weighted by atomic mass is 9.95. The Morgan fingerprint density at radius 3 is 2.77 bits per heavy atom. The van der Waals surface area contributed by atoms with Crippen molar-refractivity contribution in [3.63, 3.8) is 0 Å². The van der Waals surface area contributed by atoms with Crippen molar-refractivity contribution in [1.29, 1.82) is 0 Å². The van der Waals surface area contributed by atoms with Crippen LogP contribution in [0.1, 0.15) is 37.7 Å². The zero-order chi connectivity index (χ0) is 18.4. The first kappa shape index (κ1) is 19.3. The predicted octanol–water partition coefficient (Wildman–Crippen LogP) is 3.11. The molecular weight excluding hydrogens is 331 g/mol. The van der Waals surface area contributed by atoms with Gasteiger partial charge in [-0.05, 0) is 75.2 Å². The summed E-state index contributed by atoms with van der Waals surface area (Å²) in [6.07, 6.45) is 5.93. The summed E-state index contributed by atoms with van der Waals surface area (Å²) in [5.41, 5.74) is 1.06. The summed E-state index contributed by atoms with van der Waals surface area (Å²) in [5.74, 6) is 0.562. The van der Waals surface area contributed by atoms with E-state index in [-0.39, 0.29) is 17.8 Å². The lowest BCUT2D eigenvalue weighted by Gasteiger charge is -2.35. The maximum Gasteiger partial charge on any atom is 0.251 e. The minimum Gasteiger partial charge on any atom is -0.368 e. The Bertz CT molecular complexity index is 581. The van der Waals surface area contributed by atoms with Gasteiger partial charge < -0.3 is 14.5 Å². The fourth-order valence-corrected chi connectivity index (χ4v) is 4.03. The van der Waals surface area contributed by atoms with Gasteiger partial charge >= 0.3 is 0 Å². The summed E-state index contributed by atoms with van der Waals surface area (Å²) >= 11 is 0. The van der Waals surface area contributed by atoms with Gasteiger partial charge in [-0.2, -0.15) is 0 Å². The van der Waals surface area contributed by atoms with E-state index in [1.54, 1.807) is 12.1 Å². The topological polar surface area (TPSA) is 32.8 Å². The molecule has 0 aromatic heterocycles. The van der Waals surface area contributed by atoms with E-state index in [9.17, 15) is 9.18 Å². The molecular formula is C21H31FN2O2. The van der Waals surface area contributed by atoms with Crippen molar-refractivity contribution in [2.75, 3.05) is 39.8 Å². The Morgan fingerprint density at radius 1 is 1.27 bits per heavy atom. The van der Waals surface area contributed by atoms with E-state index in [4.69, 9.17) is 4.74 Å². The molecule has 1 aromatic carbocycles. The van der Waals surface area contributed by atoms with Crippen molar-refractivity contribution in [2.24, 2.45) is 5.92 Å².